The number of thiophene rings is 1. The minimum absolute atomic E-state index is 0.0772. The minimum Gasteiger partial charge on any atom is -0.476 e. The van der Waals surface area contributed by atoms with Crippen LogP contribution < -0.4 is 4.72 Å². The third kappa shape index (κ3) is 3.74. The van der Waals surface area contributed by atoms with Crippen molar-refractivity contribution in [1.82, 2.24) is 4.98 Å². The largest absolute Gasteiger partial charge is 0.476 e. The second-order valence-corrected chi connectivity index (χ2v) is 9.31. The fourth-order valence-corrected chi connectivity index (χ4v) is 5.45. The van der Waals surface area contributed by atoms with Gasteiger partial charge in [0.15, 0.2) is 10.8 Å². The fourth-order valence-electron chi connectivity index (χ4n) is 2.12. The molecule has 11 heteroatoms. The molecule has 0 unspecified atom stereocenters. The molecule has 2 aromatic heterocycles. The zero-order valence-electron chi connectivity index (χ0n) is 13.0. The first kappa shape index (κ1) is 18.4. The molecule has 0 aliphatic carbocycles. The summed E-state index contributed by atoms with van der Waals surface area (Å²) in [4.78, 5) is 15.5. The van der Waals surface area contributed by atoms with Gasteiger partial charge in [0.1, 0.15) is 15.8 Å². The molecule has 0 amide bonds. The van der Waals surface area contributed by atoms with Gasteiger partial charge >= 0.3 is 5.97 Å². The maximum atomic E-state index is 13.3. The first-order valence-corrected chi connectivity index (χ1v) is 10.1. The van der Waals surface area contributed by atoms with Gasteiger partial charge in [0, 0.05) is 15.8 Å². The number of nitrogens with one attached hydrogen (secondary N) is 1. The van der Waals surface area contributed by atoms with E-state index in [-0.39, 0.29) is 20.6 Å². The van der Waals surface area contributed by atoms with Crippen LogP contribution in [0.25, 0.3) is 10.4 Å². The van der Waals surface area contributed by atoms with Crippen LogP contribution in [0, 0.1) is 18.6 Å². The lowest BCUT2D eigenvalue weighted by Gasteiger charge is -2.02. The van der Waals surface area contributed by atoms with Crippen molar-refractivity contribution in [3.8, 4) is 10.4 Å². The molecule has 0 aliphatic heterocycles. The average Bonchev–Trinajstić information content (AvgIpc) is 3.13. The maximum absolute atomic E-state index is 13.3. The van der Waals surface area contributed by atoms with Crippen LogP contribution >= 0.6 is 22.7 Å². The van der Waals surface area contributed by atoms with E-state index in [1.54, 1.807) is 0 Å². The number of halogens is 2. The van der Waals surface area contributed by atoms with E-state index in [9.17, 15) is 22.0 Å². The zero-order chi connectivity index (χ0) is 19.1. The van der Waals surface area contributed by atoms with Crippen LogP contribution in [0.15, 0.2) is 34.5 Å². The third-order valence-electron chi connectivity index (χ3n) is 3.21. The Hall–Kier alpha value is -2.37. The molecule has 0 atom stereocenters. The highest BCUT2D eigenvalue weighted by molar-refractivity contribution is 7.95. The number of aryl methyl sites for hydroxylation is 1. The predicted molar refractivity (Wildman–Crippen MR) is 94.3 cm³/mol. The SMILES string of the molecule is Cc1sc(NS(=O)(=O)c2ccc(-c3cc(F)cc(F)c3)s2)nc1C(=O)O. The molecule has 26 heavy (non-hydrogen) atoms. The molecule has 2 N–H and O–H groups in total. The number of hydrogen-bond donors (Lipinski definition) is 2. The molecule has 0 bridgehead atoms. The molecule has 0 fully saturated rings. The average molecular weight is 416 g/mol. The molecule has 6 nitrogen and oxygen atoms in total. The summed E-state index contributed by atoms with van der Waals surface area (Å²) in [7, 11) is -4.01. The highest BCUT2D eigenvalue weighted by Gasteiger charge is 2.22. The number of rotatable bonds is 5. The second-order valence-electron chi connectivity index (χ2n) is 5.11. The predicted octanol–water partition coefficient (Wildman–Crippen LogP) is 3.96. The van der Waals surface area contributed by atoms with Crippen molar-refractivity contribution in [2.75, 3.05) is 4.72 Å². The lowest BCUT2D eigenvalue weighted by atomic mass is 10.2. The number of nitrogens with zero attached hydrogens (tertiary/aromatic N) is 1. The lowest BCUT2D eigenvalue weighted by molar-refractivity contribution is 0.0690. The smallest absolute Gasteiger partial charge is 0.355 e. The monoisotopic (exact) mass is 416 g/mol. The van der Waals surface area contributed by atoms with Gasteiger partial charge in [-0.05, 0) is 36.8 Å². The lowest BCUT2D eigenvalue weighted by Crippen LogP contribution is -2.11. The first-order valence-electron chi connectivity index (χ1n) is 6.95. The van der Waals surface area contributed by atoms with Crippen molar-refractivity contribution in [2.24, 2.45) is 0 Å². The van der Waals surface area contributed by atoms with Gasteiger partial charge in [-0.25, -0.2) is 27.0 Å². The van der Waals surface area contributed by atoms with Gasteiger partial charge in [-0.3, -0.25) is 4.72 Å². The number of thiazole rings is 1. The summed E-state index contributed by atoms with van der Waals surface area (Å²) >= 11 is 1.72. The van der Waals surface area contributed by atoms with E-state index >= 15 is 0 Å². The van der Waals surface area contributed by atoms with Crippen molar-refractivity contribution in [2.45, 2.75) is 11.1 Å². The van der Waals surface area contributed by atoms with Crippen molar-refractivity contribution >= 4 is 43.8 Å². The van der Waals surface area contributed by atoms with Gasteiger partial charge in [0.05, 0.1) is 0 Å². The van der Waals surface area contributed by atoms with Gasteiger partial charge in [0.25, 0.3) is 10.0 Å². The van der Waals surface area contributed by atoms with Crippen LogP contribution in [0.2, 0.25) is 0 Å². The number of sulfonamides is 1. The summed E-state index contributed by atoms with van der Waals surface area (Å²) in [5, 5.41) is 8.90. The molecular formula is C15H10F2N2O4S3. The number of anilines is 1. The highest BCUT2D eigenvalue weighted by Crippen LogP contribution is 2.33. The van der Waals surface area contributed by atoms with Crippen LogP contribution in [0.3, 0.4) is 0 Å². The van der Waals surface area contributed by atoms with Crippen LogP contribution in [0.5, 0.6) is 0 Å². The number of hydrogen-bond acceptors (Lipinski definition) is 6. The number of benzene rings is 1. The Labute approximate surface area is 154 Å². The molecule has 1 aromatic carbocycles. The first-order chi connectivity index (χ1) is 12.2. The molecule has 0 spiro atoms. The highest BCUT2D eigenvalue weighted by atomic mass is 32.2. The summed E-state index contributed by atoms with van der Waals surface area (Å²) in [6.07, 6.45) is 0. The number of carboxylic acids is 1. The standard InChI is InChI=1S/C15H10F2N2O4S3/c1-7-13(14(20)21)18-15(24-7)19-26(22,23)12-3-2-11(25-12)8-4-9(16)6-10(17)5-8/h2-6H,1H3,(H,18,19)(H,20,21). The Morgan fingerprint density at radius 2 is 1.81 bits per heavy atom. The Bertz CT molecular complexity index is 1090. The molecule has 3 rings (SSSR count). The van der Waals surface area contributed by atoms with Gasteiger partial charge in [-0.2, -0.15) is 0 Å². The molecule has 136 valence electrons. The van der Waals surface area contributed by atoms with E-state index in [1.165, 1.54) is 19.1 Å². The van der Waals surface area contributed by atoms with E-state index in [0.717, 1.165) is 40.9 Å². The van der Waals surface area contributed by atoms with E-state index < -0.39 is 27.6 Å². The van der Waals surface area contributed by atoms with Gasteiger partial charge < -0.3 is 5.11 Å². The van der Waals surface area contributed by atoms with E-state index in [0.29, 0.717) is 9.75 Å². The maximum Gasteiger partial charge on any atom is 0.355 e. The van der Waals surface area contributed by atoms with Crippen LogP contribution in [-0.2, 0) is 10.0 Å². The quantitative estimate of drug-likeness (QED) is 0.656. The summed E-state index contributed by atoms with van der Waals surface area (Å²) in [6, 6.07) is 5.65. The minimum atomic E-state index is -4.01. The van der Waals surface area contributed by atoms with E-state index in [2.05, 4.69) is 9.71 Å². The summed E-state index contributed by atoms with van der Waals surface area (Å²) in [5.74, 6) is -2.79. The molecule has 0 aliphatic rings. The Morgan fingerprint density at radius 1 is 1.15 bits per heavy atom. The number of carbonyl (C=O) groups is 1. The Balaban J connectivity index is 1.90. The Morgan fingerprint density at radius 3 is 2.38 bits per heavy atom. The number of carboxylic acid groups (broad SMARTS) is 1. The van der Waals surface area contributed by atoms with Crippen LogP contribution in [-0.4, -0.2) is 24.5 Å². The number of aromatic carboxylic acids is 1. The van der Waals surface area contributed by atoms with E-state index in [1.807, 2.05) is 0 Å². The van der Waals surface area contributed by atoms with Crippen molar-refractivity contribution in [1.29, 1.82) is 0 Å². The van der Waals surface area contributed by atoms with Crippen molar-refractivity contribution in [3.05, 3.63) is 52.5 Å². The van der Waals surface area contributed by atoms with Crippen LogP contribution in [0.1, 0.15) is 15.4 Å². The topological polar surface area (TPSA) is 96.4 Å². The Kier molecular flexibility index (Phi) is 4.78. The third-order valence-corrected chi connectivity index (χ3v) is 7.19. The molecule has 0 saturated carbocycles. The summed E-state index contributed by atoms with van der Waals surface area (Å²) in [5.41, 5.74) is -0.0120. The number of aromatic nitrogens is 1. The molecule has 0 radical (unpaired) electrons. The van der Waals surface area contributed by atoms with Crippen molar-refractivity contribution in [3.63, 3.8) is 0 Å². The molecule has 3 aromatic rings. The van der Waals surface area contributed by atoms with Gasteiger partial charge in [-0.15, -0.1) is 22.7 Å². The molecular weight excluding hydrogens is 406 g/mol. The second kappa shape index (κ2) is 6.74. The fraction of sp³-hybridized carbons (Fsp3) is 0.0667. The van der Waals surface area contributed by atoms with Gasteiger partial charge in [0.2, 0.25) is 0 Å². The summed E-state index contributed by atoms with van der Waals surface area (Å²) < 4.78 is 53.7. The van der Waals surface area contributed by atoms with E-state index in [4.69, 9.17) is 5.11 Å². The van der Waals surface area contributed by atoms with Crippen LogP contribution in [0.4, 0.5) is 13.9 Å². The molecule has 0 saturated heterocycles. The normalized spacial score (nSPS) is 11.5. The van der Waals surface area contributed by atoms with Crippen molar-refractivity contribution < 1.29 is 27.1 Å². The van der Waals surface area contributed by atoms with Gasteiger partial charge in [-0.1, -0.05) is 0 Å². The zero-order valence-corrected chi connectivity index (χ0v) is 15.4. The molecule has 2 heterocycles. The summed E-state index contributed by atoms with van der Waals surface area (Å²) in [6.45, 7) is 1.51.